The molecule has 6 nitrogen and oxygen atoms in total. The van der Waals surface area contributed by atoms with Crippen LogP contribution in [0.25, 0.3) is 0 Å². The first-order valence-electron chi connectivity index (χ1n) is 9.40. The number of carbonyl (C=O) groups excluding carboxylic acids is 1. The Morgan fingerprint density at radius 2 is 1.85 bits per heavy atom. The van der Waals surface area contributed by atoms with Gasteiger partial charge in [0.15, 0.2) is 5.54 Å². The molecular weight excluding hydrogens is 342 g/mol. The smallest absolute Gasteiger partial charge is 0.259 e. The number of para-hydroxylation sites is 1. The number of benzene rings is 2. The van der Waals surface area contributed by atoms with Crippen molar-refractivity contribution >= 4 is 11.6 Å². The molecule has 3 aliphatic heterocycles. The van der Waals surface area contributed by atoms with Crippen LogP contribution in [0.1, 0.15) is 36.8 Å². The number of anilines is 1. The lowest BCUT2D eigenvalue weighted by Crippen LogP contribution is -2.62. The highest BCUT2D eigenvalue weighted by Crippen LogP contribution is 2.63. The van der Waals surface area contributed by atoms with Crippen molar-refractivity contribution in [2.45, 2.75) is 42.8 Å². The minimum absolute atomic E-state index is 0.0280. The molecule has 2 aromatic rings. The van der Waals surface area contributed by atoms with Crippen molar-refractivity contribution in [2.75, 3.05) is 11.9 Å². The van der Waals surface area contributed by atoms with E-state index in [2.05, 4.69) is 10.2 Å². The SMILES string of the molecule is CC1([N+](=O)[O-])C(c2ccccc2)C2CCCN2C12C(=O)Nc1ccccc12. The monoisotopic (exact) mass is 363 g/mol. The lowest BCUT2D eigenvalue weighted by molar-refractivity contribution is -0.579. The summed E-state index contributed by atoms with van der Waals surface area (Å²) in [5.74, 6) is -0.624. The van der Waals surface area contributed by atoms with Gasteiger partial charge in [-0.05, 0) is 24.5 Å². The molecule has 0 aromatic heterocycles. The predicted octanol–water partition coefficient (Wildman–Crippen LogP) is 3.13. The van der Waals surface area contributed by atoms with E-state index < -0.39 is 11.1 Å². The highest BCUT2D eigenvalue weighted by Gasteiger charge is 2.80. The van der Waals surface area contributed by atoms with Crippen LogP contribution in [0.3, 0.4) is 0 Å². The molecule has 2 aromatic carbocycles. The van der Waals surface area contributed by atoms with Crippen LogP contribution < -0.4 is 5.32 Å². The van der Waals surface area contributed by atoms with Crippen molar-refractivity contribution in [2.24, 2.45) is 0 Å². The zero-order chi connectivity index (χ0) is 18.8. The van der Waals surface area contributed by atoms with Crippen LogP contribution in [0.4, 0.5) is 5.69 Å². The number of carbonyl (C=O) groups is 1. The summed E-state index contributed by atoms with van der Waals surface area (Å²) in [6, 6.07) is 17.1. The maximum absolute atomic E-state index is 13.4. The number of hydrogen-bond donors (Lipinski definition) is 1. The summed E-state index contributed by atoms with van der Waals surface area (Å²) in [6.45, 7) is 2.36. The van der Waals surface area contributed by atoms with Crippen molar-refractivity contribution in [1.29, 1.82) is 0 Å². The molecule has 3 aliphatic rings. The van der Waals surface area contributed by atoms with Gasteiger partial charge in [0, 0.05) is 35.7 Å². The van der Waals surface area contributed by atoms with Gasteiger partial charge in [-0.3, -0.25) is 19.8 Å². The van der Waals surface area contributed by atoms with Gasteiger partial charge < -0.3 is 5.32 Å². The average molecular weight is 363 g/mol. The number of nitrogens with one attached hydrogen (secondary N) is 1. The summed E-state index contributed by atoms with van der Waals surface area (Å²) in [6.07, 6.45) is 1.80. The molecule has 2 fully saturated rings. The van der Waals surface area contributed by atoms with Gasteiger partial charge in [0.25, 0.3) is 11.4 Å². The standard InChI is InChI=1S/C21H21N3O3/c1-20(24(26)27)18(14-8-3-2-4-9-14)17-12-7-13-23(17)21(20)15-10-5-6-11-16(15)22-19(21)25/h2-6,8-11,17-18H,7,12-13H2,1H3,(H,22,25). The molecule has 4 atom stereocenters. The molecule has 27 heavy (non-hydrogen) atoms. The molecule has 4 unspecified atom stereocenters. The van der Waals surface area contributed by atoms with Gasteiger partial charge in [-0.2, -0.15) is 0 Å². The molecule has 1 spiro atoms. The first kappa shape index (κ1) is 16.4. The van der Waals surface area contributed by atoms with E-state index in [0.717, 1.165) is 24.0 Å². The molecule has 1 N–H and O–H groups in total. The van der Waals surface area contributed by atoms with E-state index in [1.54, 1.807) is 6.92 Å². The van der Waals surface area contributed by atoms with E-state index in [-0.39, 0.29) is 22.8 Å². The van der Waals surface area contributed by atoms with E-state index >= 15 is 0 Å². The molecule has 6 heteroatoms. The zero-order valence-corrected chi connectivity index (χ0v) is 15.1. The third-order valence-corrected chi connectivity index (χ3v) is 6.88. The lowest BCUT2D eigenvalue weighted by atomic mass is 9.67. The first-order chi connectivity index (χ1) is 13.0. The third-order valence-electron chi connectivity index (χ3n) is 6.88. The summed E-state index contributed by atoms with van der Waals surface area (Å²) in [4.78, 5) is 28.0. The van der Waals surface area contributed by atoms with Gasteiger partial charge in [-0.25, -0.2) is 0 Å². The molecule has 1 amide bonds. The number of fused-ring (bicyclic) bond motifs is 4. The fourth-order valence-electron chi connectivity index (χ4n) is 5.93. The van der Waals surface area contributed by atoms with E-state index in [1.807, 2.05) is 54.6 Å². The van der Waals surface area contributed by atoms with Gasteiger partial charge in [-0.15, -0.1) is 0 Å². The van der Waals surface area contributed by atoms with Crippen LogP contribution in [-0.2, 0) is 10.3 Å². The highest BCUT2D eigenvalue weighted by molar-refractivity contribution is 6.07. The van der Waals surface area contributed by atoms with Crippen molar-refractivity contribution in [3.05, 3.63) is 75.8 Å². The number of hydrogen-bond acceptors (Lipinski definition) is 4. The first-order valence-corrected chi connectivity index (χ1v) is 9.40. The minimum Gasteiger partial charge on any atom is -0.324 e. The second kappa shape index (κ2) is 5.39. The minimum atomic E-state index is -1.46. The van der Waals surface area contributed by atoms with Crippen LogP contribution in [0.15, 0.2) is 54.6 Å². The molecular formula is C21H21N3O3. The van der Waals surface area contributed by atoms with Crippen LogP contribution in [0, 0.1) is 10.1 Å². The Morgan fingerprint density at radius 1 is 1.15 bits per heavy atom. The van der Waals surface area contributed by atoms with Gasteiger partial charge in [0.2, 0.25) is 0 Å². The van der Waals surface area contributed by atoms with Crippen LogP contribution in [0.5, 0.6) is 0 Å². The van der Waals surface area contributed by atoms with Gasteiger partial charge in [0.05, 0.1) is 5.92 Å². The third kappa shape index (κ3) is 1.76. The molecule has 0 bridgehead atoms. The molecule has 0 aliphatic carbocycles. The maximum atomic E-state index is 13.4. The van der Waals surface area contributed by atoms with Crippen molar-refractivity contribution in [3.8, 4) is 0 Å². The summed E-state index contributed by atoms with van der Waals surface area (Å²) < 4.78 is 0. The van der Waals surface area contributed by atoms with Gasteiger partial charge in [-0.1, -0.05) is 48.5 Å². The number of nitrogens with zero attached hydrogens (tertiary/aromatic N) is 2. The molecule has 3 heterocycles. The Labute approximate surface area is 157 Å². The summed E-state index contributed by atoms with van der Waals surface area (Å²) in [5.41, 5.74) is -0.387. The van der Waals surface area contributed by atoms with E-state index in [1.165, 1.54) is 0 Å². The molecule has 138 valence electrons. The number of amides is 1. The van der Waals surface area contributed by atoms with E-state index in [0.29, 0.717) is 12.2 Å². The Hall–Kier alpha value is -2.73. The lowest BCUT2D eigenvalue weighted by Gasteiger charge is -2.38. The number of rotatable bonds is 2. The summed E-state index contributed by atoms with van der Waals surface area (Å²) >= 11 is 0. The predicted molar refractivity (Wildman–Crippen MR) is 101 cm³/mol. The second-order valence-corrected chi connectivity index (χ2v) is 7.91. The van der Waals surface area contributed by atoms with Crippen LogP contribution >= 0.6 is 0 Å². The normalized spacial score (nSPS) is 34.5. The summed E-state index contributed by atoms with van der Waals surface area (Å²) in [7, 11) is 0. The fourth-order valence-corrected chi connectivity index (χ4v) is 5.93. The van der Waals surface area contributed by atoms with Gasteiger partial charge in [0.1, 0.15) is 0 Å². The Balaban J connectivity index is 1.84. The van der Waals surface area contributed by atoms with Crippen LogP contribution in [0.2, 0.25) is 0 Å². The molecule has 5 rings (SSSR count). The Morgan fingerprint density at radius 3 is 2.59 bits per heavy atom. The fraction of sp³-hybridized carbons (Fsp3) is 0.381. The molecule has 0 radical (unpaired) electrons. The molecule has 0 saturated carbocycles. The Bertz CT molecular complexity index is 947. The summed E-state index contributed by atoms with van der Waals surface area (Å²) in [5, 5.41) is 15.6. The quantitative estimate of drug-likeness (QED) is 0.657. The van der Waals surface area contributed by atoms with Crippen molar-refractivity contribution in [3.63, 3.8) is 0 Å². The molecule has 2 saturated heterocycles. The van der Waals surface area contributed by atoms with E-state index in [9.17, 15) is 14.9 Å². The van der Waals surface area contributed by atoms with Crippen molar-refractivity contribution in [1.82, 2.24) is 4.90 Å². The van der Waals surface area contributed by atoms with Gasteiger partial charge >= 0.3 is 0 Å². The Kier molecular flexibility index (Phi) is 3.28. The average Bonchev–Trinajstić information content (AvgIpc) is 3.30. The topological polar surface area (TPSA) is 75.5 Å². The van der Waals surface area contributed by atoms with E-state index in [4.69, 9.17) is 0 Å². The maximum Gasteiger partial charge on any atom is 0.259 e. The zero-order valence-electron chi connectivity index (χ0n) is 15.1. The van der Waals surface area contributed by atoms with Crippen LogP contribution in [-0.4, -0.2) is 33.9 Å². The number of nitro groups is 1. The van der Waals surface area contributed by atoms with Crippen molar-refractivity contribution < 1.29 is 9.72 Å². The second-order valence-electron chi connectivity index (χ2n) is 7.91. The largest absolute Gasteiger partial charge is 0.324 e. The highest BCUT2D eigenvalue weighted by atomic mass is 16.6.